The molecule has 2 unspecified atom stereocenters. The molecule has 208 valence electrons. The number of imide groups is 1. The van der Waals surface area contributed by atoms with Crippen molar-refractivity contribution in [1.29, 1.82) is 0 Å². The Kier molecular flexibility index (Phi) is 9.48. The Labute approximate surface area is 236 Å². The lowest BCUT2D eigenvalue weighted by molar-refractivity contribution is -0.141. The smallest absolute Gasteiger partial charge is 0.261 e. The average molecular weight is 540 g/mol. The number of rotatable bonds is 12. The van der Waals surface area contributed by atoms with Crippen LogP contribution in [-0.4, -0.2) is 52.1 Å². The number of nitrogens with one attached hydrogen (secondary N) is 1. The van der Waals surface area contributed by atoms with Gasteiger partial charge in [-0.3, -0.25) is 24.1 Å². The first-order valence-electron chi connectivity index (χ1n) is 13.9. The number of hydrogen-bond donors (Lipinski definition) is 1. The third-order valence-corrected chi connectivity index (χ3v) is 7.52. The molecule has 1 N–H and O–H groups in total. The summed E-state index contributed by atoms with van der Waals surface area (Å²) in [7, 11) is 0. The van der Waals surface area contributed by atoms with Crippen LogP contribution in [0, 0.1) is 6.92 Å². The molecule has 40 heavy (non-hydrogen) atoms. The van der Waals surface area contributed by atoms with Gasteiger partial charge in [0.15, 0.2) is 0 Å². The third kappa shape index (κ3) is 6.65. The Morgan fingerprint density at radius 3 is 2.10 bits per heavy atom. The van der Waals surface area contributed by atoms with Crippen LogP contribution in [0.5, 0.6) is 0 Å². The zero-order valence-electron chi connectivity index (χ0n) is 23.4. The molecule has 1 aliphatic heterocycles. The van der Waals surface area contributed by atoms with Gasteiger partial charge in [-0.2, -0.15) is 0 Å². The highest BCUT2D eigenvalue weighted by Gasteiger charge is 2.35. The number of hydrogen-bond acceptors (Lipinski definition) is 4. The van der Waals surface area contributed by atoms with E-state index in [1.54, 1.807) is 29.2 Å². The Morgan fingerprint density at radius 2 is 1.48 bits per heavy atom. The molecule has 0 spiro atoms. The lowest BCUT2D eigenvalue weighted by Gasteiger charge is -2.33. The average Bonchev–Trinajstić information content (AvgIpc) is 3.21. The lowest BCUT2D eigenvalue weighted by atomic mass is 10.0. The van der Waals surface area contributed by atoms with E-state index in [2.05, 4.69) is 5.32 Å². The van der Waals surface area contributed by atoms with Crippen molar-refractivity contribution in [3.63, 3.8) is 0 Å². The SMILES string of the molecule is CCC(C)NC(=O)C(Cc1ccccc1)N(Cc1ccccc1C)C(=O)CCCN1C(=O)c2ccccc2C1=O. The van der Waals surface area contributed by atoms with Crippen LogP contribution in [0.2, 0.25) is 0 Å². The molecule has 4 amide bonds. The zero-order chi connectivity index (χ0) is 28.6. The van der Waals surface area contributed by atoms with E-state index >= 15 is 0 Å². The van der Waals surface area contributed by atoms with Gasteiger partial charge in [-0.05, 0) is 55.5 Å². The van der Waals surface area contributed by atoms with E-state index in [-0.39, 0.29) is 49.2 Å². The summed E-state index contributed by atoms with van der Waals surface area (Å²) < 4.78 is 0. The van der Waals surface area contributed by atoms with Crippen molar-refractivity contribution in [2.24, 2.45) is 0 Å². The first-order valence-corrected chi connectivity index (χ1v) is 13.9. The molecular weight excluding hydrogens is 502 g/mol. The number of aryl methyl sites for hydroxylation is 1. The van der Waals surface area contributed by atoms with Gasteiger partial charge in [0.2, 0.25) is 11.8 Å². The van der Waals surface area contributed by atoms with E-state index < -0.39 is 6.04 Å². The minimum absolute atomic E-state index is 0.0324. The second-order valence-electron chi connectivity index (χ2n) is 10.4. The minimum Gasteiger partial charge on any atom is -0.352 e. The van der Waals surface area contributed by atoms with Crippen molar-refractivity contribution in [3.8, 4) is 0 Å². The molecule has 3 aromatic carbocycles. The van der Waals surface area contributed by atoms with E-state index in [9.17, 15) is 19.2 Å². The number of carbonyl (C=O) groups is 4. The van der Waals surface area contributed by atoms with Crippen LogP contribution < -0.4 is 5.32 Å². The summed E-state index contributed by atoms with van der Waals surface area (Å²) >= 11 is 0. The van der Waals surface area contributed by atoms with Crippen LogP contribution in [0.3, 0.4) is 0 Å². The molecule has 3 aromatic rings. The van der Waals surface area contributed by atoms with Gasteiger partial charge in [0.25, 0.3) is 11.8 Å². The molecule has 0 aliphatic carbocycles. The van der Waals surface area contributed by atoms with Gasteiger partial charge in [-0.1, -0.05) is 73.7 Å². The normalized spacial score (nSPS) is 14.0. The third-order valence-electron chi connectivity index (χ3n) is 7.52. The topological polar surface area (TPSA) is 86.8 Å². The minimum atomic E-state index is -0.720. The summed E-state index contributed by atoms with van der Waals surface area (Å²) in [6.07, 6.45) is 1.55. The number of benzene rings is 3. The first-order chi connectivity index (χ1) is 19.3. The predicted octanol–water partition coefficient (Wildman–Crippen LogP) is 4.93. The molecule has 0 saturated carbocycles. The second kappa shape index (κ2) is 13.2. The van der Waals surface area contributed by atoms with Gasteiger partial charge in [0.1, 0.15) is 6.04 Å². The standard InChI is InChI=1S/C33H37N3O4/c1-4-24(3)34-31(38)29(21-25-14-6-5-7-15-25)36(22-26-16-9-8-13-23(26)2)30(37)19-12-20-35-32(39)27-17-10-11-18-28(27)33(35)40/h5-11,13-18,24,29H,4,12,19-22H2,1-3H3,(H,34,38). The molecular formula is C33H37N3O4. The maximum absolute atomic E-state index is 13.9. The first kappa shape index (κ1) is 28.7. The van der Waals surface area contributed by atoms with Crippen LogP contribution in [0.1, 0.15) is 70.5 Å². The van der Waals surface area contributed by atoms with Crippen LogP contribution in [0.15, 0.2) is 78.9 Å². The quantitative estimate of drug-likeness (QED) is 0.331. The summed E-state index contributed by atoms with van der Waals surface area (Å²) in [5.74, 6) is -1.06. The summed E-state index contributed by atoms with van der Waals surface area (Å²) in [4.78, 5) is 55.9. The Bertz CT molecular complexity index is 1340. The largest absolute Gasteiger partial charge is 0.352 e. The number of carbonyl (C=O) groups excluding carboxylic acids is 4. The van der Waals surface area contributed by atoms with E-state index in [1.807, 2.05) is 75.4 Å². The molecule has 1 aliphatic rings. The summed E-state index contributed by atoms with van der Waals surface area (Å²) in [6, 6.07) is 23.5. The highest BCUT2D eigenvalue weighted by Crippen LogP contribution is 2.23. The second-order valence-corrected chi connectivity index (χ2v) is 10.4. The number of fused-ring (bicyclic) bond motifs is 1. The molecule has 0 saturated heterocycles. The highest BCUT2D eigenvalue weighted by atomic mass is 16.2. The summed E-state index contributed by atoms with van der Waals surface area (Å²) in [5.41, 5.74) is 3.74. The zero-order valence-corrected chi connectivity index (χ0v) is 23.4. The van der Waals surface area contributed by atoms with Crippen LogP contribution >= 0.6 is 0 Å². The molecule has 0 fully saturated rings. The van der Waals surface area contributed by atoms with Crippen LogP contribution in [0.4, 0.5) is 0 Å². The molecule has 4 rings (SSSR count). The van der Waals surface area contributed by atoms with Crippen molar-refractivity contribution in [3.05, 3.63) is 107 Å². The van der Waals surface area contributed by atoms with Gasteiger partial charge in [0.05, 0.1) is 11.1 Å². The van der Waals surface area contributed by atoms with Gasteiger partial charge >= 0.3 is 0 Å². The molecule has 2 atom stereocenters. The van der Waals surface area contributed by atoms with E-state index in [4.69, 9.17) is 0 Å². The predicted molar refractivity (Wildman–Crippen MR) is 155 cm³/mol. The van der Waals surface area contributed by atoms with E-state index in [0.29, 0.717) is 24.0 Å². The molecule has 0 radical (unpaired) electrons. The van der Waals surface area contributed by atoms with Gasteiger partial charge in [0, 0.05) is 32.0 Å². The summed E-state index contributed by atoms with van der Waals surface area (Å²) in [6.45, 7) is 6.37. The van der Waals surface area contributed by atoms with Gasteiger partial charge in [-0.15, -0.1) is 0 Å². The molecule has 0 aromatic heterocycles. The van der Waals surface area contributed by atoms with Crippen LogP contribution in [-0.2, 0) is 22.6 Å². The van der Waals surface area contributed by atoms with Crippen LogP contribution in [0.25, 0.3) is 0 Å². The van der Waals surface area contributed by atoms with E-state index in [0.717, 1.165) is 23.1 Å². The van der Waals surface area contributed by atoms with Crippen molar-refractivity contribution in [2.75, 3.05) is 6.54 Å². The molecule has 1 heterocycles. The molecule has 0 bridgehead atoms. The van der Waals surface area contributed by atoms with Crippen molar-refractivity contribution in [2.45, 2.75) is 65.1 Å². The number of amides is 4. The summed E-state index contributed by atoms with van der Waals surface area (Å²) in [5, 5.41) is 3.08. The van der Waals surface area contributed by atoms with Gasteiger partial charge < -0.3 is 10.2 Å². The number of nitrogens with zero attached hydrogens (tertiary/aromatic N) is 2. The Morgan fingerprint density at radius 1 is 0.875 bits per heavy atom. The van der Waals surface area contributed by atoms with Crippen molar-refractivity contribution in [1.82, 2.24) is 15.1 Å². The maximum atomic E-state index is 13.9. The van der Waals surface area contributed by atoms with Crippen molar-refractivity contribution < 1.29 is 19.2 Å². The fourth-order valence-electron chi connectivity index (χ4n) is 4.94. The Hall–Kier alpha value is -4.26. The lowest BCUT2D eigenvalue weighted by Crippen LogP contribution is -2.52. The molecule has 7 nitrogen and oxygen atoms in total. The monoisotopic (exact) mass is 539 g/mol. The van der Waals surface area contributed by atoms with Gasteiger partial charge in [-0.25, -0.2) is 0 Å². The molecule has 7 heteroatoms. The fraction of sp³-hybridized carbons (Fsp3) is 0.333. The highest BCUT2D eigenvalue weighted by molar-refractivity contribution is 6.21. The van der Waals surface area contributed by atoms with E-state index in [1.165, 1.54) is 4.90 Å². The van der Waals surface area contributed by atoms with Crippen molar-refractivity contribution >= 4 is 23.6 Å². The Balaban J connectivity index is 1.56. The maximum Gasteiger partial charge on any atom is 0.261 e. The fourth-order valence-corrected chi connectivity index (χ4v) is 4.94.